The van der Waals surface area contributed by atoms with Crippen molar-refractivity contribution >= 4 is 5.91 Å². The molecule has 0 bridgehead atoms. The molecule has 1 saturated carbocycles. The minimum atomic E-state index is 0.248. The summed E-state index contributed by atoms with van der Waals surface area (Å²) in [6.45, 7) is 3.69. The van der Waals surface area contributed by atoms with Crippen LogP contribution in [0.15, 0.2) is 0 Å². The Balaban J connectivity index is 2.19. The lowest BCUT2D eigenvalue weighted by Gasteiger charge is -2.17. The first-order valence-corrected chi connectivity index (χ1v) is 7.73. The summed E-state index contributed by atoms with van der Waals surface area (Å²) in [5.74, 6) is 1.42. The van der Waals surface area contributed by atoms with Gasteiger partial charge in [-0.25, -0.2) is 0 Å². The lowest BCUT2D eigenvalue weighted by molar-refractivity contribution is -0.122. The molecule has 1 aliphatic carbocycles. The molecule has 0 spiro atoms. The average Bonchev–Trinajstić information content (AvgIpc) is 2.63. The van der Waals surface area contributed by atoms with Gasteiger partial charge in [0.05, 0.1) is 0 Å². The van der Waals surface area contributed by atoms with Crippen molar-refractivity contribution in [1.82, 2.24) is 5.32 Å². The molecule has 1 fully saturated rings. The number of carbonyl (C=O) groups excluding carboxylic acids is 1. The molecule has 3 heteroatoms. The largest absolute Gasteiger partial charge is 0.356 e. The SMILES string of the molecule is CCC(CCN)CNC(=O)CC1CCCCCC1. The van der Waals surface area contributed by atoms with Crippen LogP contribution in [0.2, 0.25) is 0 Å². The number of nitrogens with one attached hydrogen (secondary N) is 1. The van der Waals surface area contributed by atoms with Crippen LogP contribution in [0.25, 0.3) is 0 Å². The Bertz CT molecular complexity index is 223. The molecule has 0 radical (unpaired) electrons. The summed E-state index contributed by atoms with van der Waals surface area (Å²) in [4.78, 5) is 11.9. The van der Waals surface area contributed by atoms with E-state index in [1.165, 1.54) is 38.5 Å². The first-order chi connectivity index (χ1) is 8.76. The fourth-order valence-corrected chi connectivity index (χ4v) is 2.85. The highest BCUT2D eigenvalue weighted by molar-refractivity contribution is 5.76. The van der Waals surface area contributed by atoms with E-state index >= 15 is 0 Å². The highest BCUT2D eigenvalue weighted by Crippen LogP contribution is 2.25. The number of hydrogen-bond acceptors (Lipinski definition) is 2. The van der Waals surface area contributed by atoms with E-state index in [4.69, 9.17) is 5.73 Å². The third-order valence-electron chi connectivity index (χ3n) is 4.19. The van der Waals surface area contributed by atoms with Crippen molar-refractivity contribution in [2.24, 2.45) is 17.6 Å². The average molecular weight is 254 g/mol. The molecule has 1 rings (SSSR count). The van der Waals surface area contributed by atoms with Crippen LogP contribution in [-0.2, 0) is 4.79 Å². The van der Waals surface area contributed by atoms with Gasteiger partial charge < -0.3 is 11.1 Å². The van der Waals surface area contributed by atoms with Crippen LogP contribution < -0.4 is 11.1 Å². The third kappa shape index (κ3) is 6.39. The van der Waals surface area contributed by atoms with Crippen LogP contribution in [0.3, 0.4) is 0 Å². The predicted octanol–water partition coefficient (Wildman–Crippen LogP) is 2.84. The van der Waals surface area contributed by atoms with Gasteiger partial charge in [0, 0.05) is 13.0 Å². The Morgan fingerprint density at radius 3 is 2.50 bits per heavy atom. The molecule has 1 amide bonds. The Hall–Kier alpha value is -0.570. The molecule has 0 saturated heterocycles. The first-order valence-electron chi connectivity index (χ1n) is 7.73. The molecule has 0 aromatic heterocycles. The normalized spacial score (nSPS) is 19.2. The summed E-state index contributed by atoms with van der Waals surface area (Å²) in [7, 11) is 0. The highest BCUT2D eigenvalue weighted by atomic mass is 16.1. The minimum absolute atomic E-state index is 0.248. The molecule has 1 aliphatic rings. The van der Waals surface area contributed by atoms with Gasteiger partial charge in [0.15, 0.2) is 0 Å². The zero-order chi connectivity index (χ0) is 13.2. The molecule has 0 aromatic rings. The van der Waals surface area contributed by atoms with Crippen LogP contribution in [0.1, 0.15) is 64.7 Å². The van der Waals surface area contributed by atoms with Gasteiger partial charge in [0.25, 0.3) is 0 Å². The van der Waals surface area contributed by atoms with E-state index in [0.717, 1.165) is 32.4 Å². The number of hydrogen-bond donors (Lipinski definition) is 2. The minimum Gasteiger partial charge on any atom is -0.356 e. The monoisotopic (exact) mass is 254 g/mol. The molecule has 3 nitrogen and oxygen atoms in total. The molecular weight excluding hydrogens is 224 g/mol. The standard InChI is InChI=1S/C15H30N2O/c1-2-13(9-10-16)12-17-15(18)11-14-7-5-3-4-6-8-14/h13-14H,2-12,16H2,1H3,(H,17,18). The van der Waals surface area contributed by atoms with Gasteiger partial charge in [-0.05, 0) is 37.6 Å². The van der Waals surface area contributed by atoms with Crippen LogP contribution in [-0.4, -0.2) is 19.0 Å². The lowest BCUT2D eigenvalue weighted by atomic mass is 9.96. The van der Waals surface area contributed by atoms with Crippen molar-refractivity contribution in [2.75, 3.05) is 13.1 Å². The Labute approximate surface area is 112 Å². The summed E-state index contributed by atoms with van der Waals surface area (Å²) in [5, 5.41) is 3.09. The quantitative estimate of drug-likeness (QED) is 0.686. The van der Waals surface area contributed by atoms with Gasteiger partial charge in [-0.3, -0.25) is 4.79 Å². The summed E-state index contributed by atoms with van der Waals surface area (Å²) in [5.41, 5.74) is 5.57. The summed E-state index contributed by atoms with van der Waals surface area (Å²) < 4.78 is 0. The van der Waals surface area contributed by atoms with Gasteiger partial charge in [-0.15, -0.1) is 0 Å². The van der Waals surface area contributed by atoms with Gasteiger partial charge in [0.1, 0.15) is 0 Å². The van der Waals surface area contributed by atoms with Crippen LogP contribution in [0.5, 0.6) is 0 Å². The molecule has 106 valence electrons. The second kappa shape index (κ2) is 9.37. The predicted molar refractivity (Wildman–Crippen MR) is 76.3 cm³/mol. The Morgan fingerprint density at radius 2 is 1.94 bits per heavy atom. The fourth-order valence-electron chi connectivity index (χ4n) is 2.85. The number of nitrogens with two attached hydrogens (primary N) is 1. The number of rotatable bonds is 7. The maximum atomic E-state index is 11.9. The van der Waals surface area contributed by atoms with Gasteiger partial charge in [-0.1, -0.05) is 39.0 Å². The van der Waals surface area contributed by atoms with Crippen LogP contribution in [0, 0.1) is 11.8 Å². The lowest BCUT2D eigenvalue weighted by Crippen LogP contribution is -2.31. The molecule has 0 heterocycles. The molecule has 0 aromatic carbocycles. The number of carbonyl (C=O) groups is 1. The first kappa shape index (κ1) is 15.5. The summed E-state index contributed by atoms with van der Waals surface area (Å²) in [6.07, 6.45) is 10.7. The van der Waals surface area contributed by atoms with E-state index < -0.39 is 0 Å². The zero-order valence-corrected chi connectivity index (χ0v) is 11.9. The van der Waals surface area contributed by atoms with Crippen molar-refractivity contribution in [3.05, 3.63) is 0 Å². The maximum Gasteiger partial charge on any atom is 0.220 e. The van der Waals surface area contributed by atoms with Crippen LogP contribution in [0.4, 0.5) is 0 Å². The third-order valence-corrected chi connectivity index (χ3v) is 4.19. The number of amides is 1. The fraction of sp³-hybridized carbons (Fsp3) is 0.933. The molecule has 1 atom stereocenters. The molecule has 1 unspecified atom stereocenters. The Morgan fingerprint density at radius 1 is 1.28 bits per heavy atom. The molecule has 18 heavy (non-hydrogen) atoms. The van der Waals surface area contributed by atoms with Gasteiger partial charge in [-0.2, -0.15) is 0 Å². The zero-order valence-electron chi connectivity index (χ0n) is 11.9. The maximum absolute atomic E-state index is 11.9. The van der Waals surface area contributed by atoms with Crippen molar-refractivity contribution < 1.29 is 4.79 Å². The van der Waals surface area contributed by atoms with E-state index in [-0.39, 0.29) is 5.91 Å². The van der Waals surface area contributed by atoms with E-state index in [0.29, 0.717) is 11.8 Å². The van der Waals surface area contributed by atoms with Gasteiger partial charge >= 0.3 is 0 Å². The van der Waals surface area contributed by atoms with E-state index in [1.807, 2.05) is 0 Å². The van der Waals surface area contributed by atoms with Crippen molar-refractivity contribution in [2.45, 2.75) is 64.7 Å². The van der Waals surface area contributed by atoms with Crippen molar-refractivity contribution in [3.8, 4) is 0 Å². The Kier molecular flexibility index (Phi) is 8.06. The molecule has 3 N–H and O–H groups in total. The topological polar surface area (TPSA) is 55.1 Å². The van der Waals surface area contributed by atoms with Crippen molar-refractivity contribution in [3.63, 3.8) is 0 Å². The van der Waals surface area contributed by atoms with E-state index in [9.17, 15) is 4.79 Å². The summed E-state index contributed by atoms with van der Waals surface area (Å²) >= 11 is 0. The van der Waals surface area contributed by atoms with E-state index in [2.05, 4.69) is 12.2 Å². The van der Waals surface area contributed by atoms with Gasteiger partial charge in [0.2, 0.25) is 5.91 Å². The summed E-state index contributed by atoms with van der Waals surface area (Å²) in [6, 6.07) is 0. The molecule has 0 aliphatic heterocycles. The highest BCUT2D eigenvalue weighted by Gasteiger charge is 2.16. The van der Waals surface area contributed by atoms with Crippen molar-refractivity contribution in [1.29, 1.82) is 0 Å². The smallest absolute Gasteiger partial charge is 0.220 e. The molecular formula is C15H30N2O. The van der Waals surface area contributed by atoms with E-state index in [1.54, 1.807) is 0 Å². The second-order valence-electron chi connectivity index (χ2n) is 5.72. The second-order valence-corrected chi connectivity index (χ2v) is 5.72. The van der Waals surface area contributed by atoms with Crippen LogP contribution >= 0.6 is 0 Å².